The van der Waals surface area contributed by atoms with Crippen molar-refractivity contribution in [3.8, 4) is 0 Å². The molecule has 5 heteroatoms. The number of nitro benzene ring substituents is 1. The largest absolute Gasteiger partial charge is 0.378 e. The molecular weight excluding hydrogens is 254 g/mol. The van der Waals surface area contributed by atoms with Gasteiger partial charge in [0.2, 0.25) is 0 Å². The molecule has 1 fully saturated rings. The average Bonchev–Trinajstić information content (AvgIpc) is 2.92. The Bertz CT molecular complexity index is 470. The van der Waals surface area contributed by atoms with Gasteiger partial charge in [-0.2, -0.15) is 0 Å². The quantitative estimate of drug-likeness (QED) is 0.641. The van der Waals surface area contributed by atoms with Gasteiger partial charge < -0.3 is 10.2 Å². The van der Waals surface area contributed by atoms with Gasteiger partial charge in [0.15, 0.2) is 0 Å². The zero-order valence-corrected chi connectivity index (χ0v) is 12.3. The van der Waals surface area contributed by atoms with Gasteiger partial charge in [0, 0.05) is 24.7 Å². The first-order valence-corrected chi connectivity index (χ1v) is 7.27. The number of anilines is 1. The summed E-state index contributed by atoms with van der Waals surface area (Å²) in [5, 5.41) is 14.3. The lowest BCUT2D eigenvalue weighted by molar-refractivity contribution is -0.384. The predicted molar refractivity (Wildman–Crippen MR) is 81.2 cm³/mol. The van der Waals surface area contributed by atoms with E-state index < -0.39 is 0 Å². The van der Waals surface area contributed by atoms with Crippen molar-refractivity contribution in [1.29, 1.82) is 0 Å². The number of nitrogens with one attached hydrogen (secondary N) is 1. The van der Waals surface area contributed by atoms with Crippen LogP contribution in [0.5, 0.6) is 0 Å². The van der Waals surface area contributed by atoms with E-state index in [1.807, 2.05) is 6.07 Å². The number of rotatable bonds is 6. The first kappa shape index (κ1) is 14.8. The van der Waals surface area contributed by atoms with Crippen molar-refractivity contribution in [2.45, 2.75) is 38.6 Å². The van der Waals surface area contributed by atoms with Crippen LogP contribution in [0.2, 0.25) is 0 Å². The van der Waals surface area contributed by atoms with E-state index in [9.17, 15) is 10.1 Å². The van der Waals surface area contributed by atoms with Gasteiger partial charge >= 0.3 is 0 Å². The van der Waals surface area contributed by atoms with E-state index in [1.54, 1.807) is 19.1 Å². The third kappa shape index (κ3) is 3.48. The SMILES string of the molecule is Cc1cccc(NCCN(C)C2CCCC2)c1[N+](=O)[O-]. The molecule has 5 nitrogen and oxygen atoms in total. The van der Waals surface area contributed by atoms with Crippen LogP contribution < -0.4 is 5.32 Å². The molecule has 1 N–H and O–H groups in total. The Morgan fingerprint density at radius 1 is 1.40 bits per heavy atom. The van der Waals surface area contributed by atoms with E-state index in [0.717, 1.165) is 13.1 Å². The van der Waals surface area contributed by atoms with Crippen LogP contribution in [0.1, 0.15) is 31.2 Å². The van der Waals surface area contributed by atoms with Crippen molar-refractivity contribution in [3.63, 3.8) is 0 Å². The van der Waals surface area contributed by atoms with Gasteiger partial charge in [-0.3, -0.25) is 10.1 Å². The Kier molecular flexibility index (Phi) is 4.95. The Morgan fingerprint density at radius 3 is 2.75 bits per heavy atom. The molecule has 0 saturated heterocycles. The Balaban J connectivity index is 1.90. The van der Waals surface area contributed by atoms with Crippen molar-refractivity contribution in [1.82, 2.24) is 4.90 Å². The highest BCUT2D eigenvalue weighted by Crippen LogP contribution is 2.27. The lowest BCUT2D eigenvalue weighted by Crippen LogP contribution is -2.33. The second-order valence-electron chi connectivity index (χ2n) is 5.57. The van der Waals surface area contributed by atoms with Crippen LogP contribution in [0.4, 0.5) is 11.4 Å². The number of hydrogen-bond donors (Lipinski definition) is 1. The first-order chi connectivity index (χ1) is 9.59. The third-order valence-electron chi connectivity index (χ3n) is 4.15. The van der Waals surface area contributed by atoms with E-state index in [-0.39, 0.29) is 10.6 Å². The third-order valence-corrected chi connectivity index (χ3v) is 4.15. The maximum atomic E-state index is 11.1. The Morgan fingerprint density at radius 2 is 2.10 bits per heavy atom. The Hall–Kier alpha value is -1.62. The summed E-state index contributed by atoms with van der Waals surface area (Å²) in [4.78, 5) is 13.2. The van der Waals surface area contributed by atoms with E-state index in [4.69, 9.17) is 0 Å². The number of benzene rings is 1. The standard InChI is InChI=1S/C15H23N3O2/c1-12-6-5-9-14(15(12)18(19)20)16-10-11-17(2)13-7-3-4-8-13/h5-6,9,13,16H,3-4,7-8,10-11H2,1-2H3. The number of nitrogens with zero attached hydrogens (tertiary/aromatic N) is 2. The number of likely N-dealkylation sites (N-methyl/N-ethyl adjacent to an activating group) is 1. The van der Waals surface area contributed by atoms with E-state index >= 15 is 0 Å². The second kappa shape index (κ2) is 6.70. The first-order valence-electron chi connectivity index (χ1n) is 7.27. The molecule has 0 aliphatic heterocycles. The van der Waals surface area contributed by atoms with Crippen LogP contribution in [-0.2, 0) is 0 Å². The minimum atomic E-state index is -0.307. The molecule has 1 aromatic carbocycles. The van der Waals surface area contributed by atoms with Crippen molar-refractivity contribution in [3.05, 3.63) is 33.9 Å². The van der Waals surface area contributed by atoms with Crippen molar-refractivity contribution in [2.75, 3.05) is 25.5 Å². The van der Waals surface area contributed by atoms with Crippen LogP contribution >= 0.6 is 0 Å². The minimum absolute atomic E-state index is 0.191. The summed E-state index contributed by atoms with van der Waals surface area (Å²) in [7, 11) is 2.14. The lowest BCUT2D eigenvalue weighted by Gasteiger charge is -2.24. The molecule has 1 aromatic rings. The van der Waals surface area contributed by atoms with Gasteiger partial charge in [-0.25, -0.2) is 0 Å². The topological polar surface area (TPSA) is 58.4 Å². The second-order valence-corrected chi connectivity index (χ2v) is 5.57. The van der Waals surface area contributed by atoms with Crippen molar-refractivity contribution in [2.24, 2.45) is 0 Å². The van der Waals surface area contributed by atoms with Gasteiger partial charge in [-0.15, -0.1) is 0 Å². The van der Waals surface area contributed by atoms with E-state index in [0.29, 0.717) is 17.3 Å². The average molecular weight is 277 g/mol. The lowest BCUT2D eigenvalue weighted by atomic mass is 10.1. The molecule has 1 aliphatic carbocycles. The molecule has 110 valence electrons. The molecule has 0 heterocycles. The number of aryl methyl sites for hydroxylation is 1. The molecule has 0 radical (unpaired) electrons. The summed E-state index contributed by atoms with van der Waals surface area (Å²) < 4.78 is 0. The summed E-state index contributed by atoms with van der Waals surface area (Å²) in [6.45, 7) is 3.42. The number of nitro groups is 1. The zero-order valence-electron chi connectivity index (χ0n) is 12.3. The summed E-state index contributed by atoms with van der Waals surface area (Å²) in [6, 6.07) is 6.09. The van der Waals surface area contributed by atoms with E-state index in [2.05, 4.69) is 17.3 Å². The molecule has 0 atom stereocenters. The van der Waals surface area contributed by atoms with Gasteiger partial charge in [-0.05, 0) is 32.9 Å². The molecule has 0 bridgehead atoms. The Labute approximate surface area is 120 Å². The van der Waals surface area contributed by atoms with Crippen molar-refractivity contribution < 1.29 is 4.92 Å². The predicted octanol–water partition coefficient (Wildman–Crippen LogP) is 3.19. The number of hydrogen-bond acceptors (Lipinski definition) is 4. The molecule has 20 heavy (non-hydrogen) atoms. The normalized spacial score (nSPS) is 15.8. The smallest absolute Gasteiger partial charge is 0.295 e. The summed E-state index contributed by atoms with van der Waals surface area (Å²) >= 11 is 0. The maximum Gasteiger partial charge on any atom is 0.295 e. The number of para-hydroxylation sites is 1. The molecule has 0 aromatic heterocycles. The fourth-order valence-electron chi connectivity index (χ4n) is 2.94. The summed E-state index contributed by atoms with van der Waals surface area (Å²) in [5.41, 5.74) is 1.51. The highest BCUT2D eigenvalue weighted by molar-refractivity contribution is 5.64. The molecule has 1 saturated carbocycles. The molecule has 1 aliphatic rings. The zero-order chi connectivity index (χ0) is 14.5. The molecule has 0 spiro atoms. The van der Waals surface area contributed by atoms with Crippen LogP contribution in [-0.4, -0.2) is 36.0 Å². The molecular formula is C15H23N3O2. The highest BCUT2D eigenvalue weighted by atomic mass is 16.6. The van der Waals surface area contributed by atoms with Crippen LogP contribution in [0.25, 0.3) is 0 Å². The van der Waals surface area contributed by atoms with Gasteiger partial charge in [0.05, 0.1) is 4.92 Å². The van der Waals surface area contributed by atoms with Crippen LogP contribution in [0.3, 0.4) is 0 Å². The van der Waals surface area contributed by atoms with Crippen molar-refractivity contribution >= 4 is 11.4 Å². The fourth-order valence-corrected chi connectivity index (χ4v) is 2.94. The summed E-state index contributed by atoms with van der Waals surface area (Å²) in [5.74, 6) is 0. The summed E-state index contributed by atoms with van der Waals surface area (Å²) in [6.07, 6.45) is 5.21. The van der Waals surface area contributed by atoms with E-state index in [1.165, 1.54) is 25.7 Å². The van der Waals surface area contributed by atoms with Crippen LogP contribution in [0.15, 0.2) is 18.2 Å². The molecule has 0 amide bonds. The van der Waals surface area contributed by atoms with Gasteiger partial charge in [0.1, 0.15) is 5.69 Å². The maximum absolute atomic E-state index is 11.1. The molecule has 0 unspecified atom stereocenters. The van der Waals surface area contributed by atoms with Crippen LogP contribution in [0, 0.1) is 17.0 Å². The van der Waals surface area contributed by atoms with Gasteiger partial charge in [0.25, 0.3) is 5.69 Å². The van der Waals surface area contributed by atoms with Gasteiger partial charge in [-0.1, -0.05) is 25.0 Å². The minimum Gasteiger partial charge on any atom is -0.378 e. The highest BCUT2D eigenvalue weighted by Gasteiger charge is 2.20. The molecule has 2 rings (SSSR count). The monoisotopic (exact) mass is 277 g/mol. The fraction of sp³-hybridized carbons (Fsp3) is 0.600.